The zero-order chi connectivity index (χ0) is 17.0. The third kappa shape index (κ3) is 3.26. The average Bonchev–Trinajstić information content (AvgIpc) is 2.55. The lowest BCUT2D eigenvalue weighted by Crippen LogP contribution is -2.51. The van der Waals surface area contributed by atoms with Crippen molar-refractivity contribution in [3.05, 3.63) is 70.1 Å². The van der Waals surface area contributed by atoms with E-state index in [0.29, 0.717) is 18.8 Å². The number of nitrogens with zero attached hydrogens (tertiary/aromatic N) is 1. The minimum Gasteiger partial charge on any atom is -0.464 e. The molecule has 1 aliphatic heterocycles. The van der Waals surface area contributed by atoms with Crippen molar-refractivity contribution in [1.82, 2.24) is 4.57 Å². The van der Waals surface area contributed by atoms with Crippen molar-refractivity contribution in [1.29, 1.82) is 0 Å². The molecule has 2 heterocycles. The summed E-state index contributed by atoms with van der Waals surface area (Å²) in [5.74, 6) is 0. The number of hydrogen-bond donors (Lipinski definition) is 1. The Morgan fingerprint density at radius 3 is 2.50 bits per heavy atom. The largest absolute Gasteiger partial charge is 0.464 e. The molecule has 0 bridgehead atoms. The molecule has 1 aromatic carbocycles. The summed E-state index contributed by atoms with van der Waals surface area (Å²) in [5.41, 5.74) is 1.07. The van der Waals surface area contributed by atoms with Crippen molar-refractivity contribution >= 4 is 6.09 Å². The summed E-state index contributed by atoms with van der Waals surface area (Å²) >= 11 is 0. The van der Waals surface area contributed by atoms with Crippen molar-refractivity contribution in [2.75, 3.05) is 13.2 Å². The molecule has 0 aliphatic carbocycles. The van der Waals surface area contributed by atoms with Crippen LogP contribution in [-0.4, -0.2) is 29.0 Å². The van der Waals surface area contributed by atoms with Gasteiger partial charge < -0.3 is 9.84 Å². The third-order valence-electron chi connectivity index (χ3n) is 4.69. The van der Waals surface area contributed by atoms with E-state index in [1.54, 1.807) is 12.1 Å². The first-order valence-corrected chi connectivity index (χ1v) is 8.19. The number of rotatable bonds is 6. The van der Waals surface area contributed by atoms with Crippen LogP contribution in [0.2, 0.25) is 0 Å². The number of aryl methyl sites for hydroxylation is 1. The quantitative estimate of drug-likeness (QED) is 0.828. The molecule has 0 spiro atoms. The van der Waals surface area contributed by atoms with Crippen molar-refractivity contribution in [2.24, 2.45) is 0 Å². The highest BCUT2D eigenvalue weighted by Crippen LogP contribution is 2.35. The molecular formula is C19H21NO4. The molecule has 3 rings (SSSR count). The third-order valence-corrected chi connectivity index (χ3v) is 4.69. The maximum absolute atomic E-state index is 12.4. The normalized spacial score (nSPS) is 15.7. The van der Waals surface area contributed by atoms with Crippen LogP contribution in [-0.2, 0) is 16.6 Å². The fourth-order valence-corrected chi connectivity index (χ4v) is 3.27. The maximum Gasteiger partial charge on any atom is 0.418 e. The Kier molecular flexibility index (Phi) is 4.81. The number of pyridine rings is 1. The Labute approximate surface area is 140 Å². The second-order valence-corrected chi connectivity index (χ2v) is 6.35. The lowest BCUT2D eigenvalue weighted by molar-refractivity contribution is -0.0661. The van der Waals surface area contributed by atoms with Gasteiger partial charge in [0.2, 0.25) is 0 Å². The Morgan fingerprint density at radius 2 is 1.88 bits per heavy atom. The summed E-state index contributed by atoms with van der Waals surface area (Å²) in [5, 5.41) is 9.12. The van der Waals surface area contributed by atoms with Crippen molar-refractivity contribution in [2.45, 2.75) is 31.1 Å². The van der Waals surface area contributed by atoms with E-state index in [-0.39, 0.29) is 5.41 Å². The van der Waals surface area contributed by atoms with Gasteiger partial charge in [-0.15, -0.1) is 0 Å². The Morgan fingerprint density at radius 1 is 1.12 bits per heavy atom. The summed E-state index contributed by atoms with van der Waals surface area (Å²) < 4.78 is 6.12. The second kappa shape index (κ2) is 7.01. The number of ether oxygens (including phenoxy) is 1. The lowest BCUT2D eigenvalue weighted by Gasteiger charge is -2.41. The van der Waals surface area contributed by atoms with Crippen LogP contribution in [0.15, 0.2) is 53.5 Å². The summed E-state index contributed by atoms with van der Waals surface area (Å²) in [6.45, 7) is 0.967. The molecule has 5 heteroatoms. The van der Waals surface area contributed by atoms with Crippen LogP contribution in [0.4, 0.5) is 4.79 Å². The van der Waals surface area contributed by atoms with Crippen LogP contribution in [0.1, 0.15) is 30.4 Å². The monoisotopic (exact) mass is 327 g/mol. The predicted octanol–water partition coefficient (Wildman–Crippen LogP) is 3.06. The molecular weight excluding hydrogens is 306 g/mol. The van der Waals surface area contributed by atoms with E-state index in [0.717, 1.165) is 30.3 Å². The van der Waals surface area contributed by atoms with Crippen LogP contribution in [0, 0.1) is 0 Å². The van der Waals surface area contributed by atoms with E-state index >= 15 is 0 Å². The van der Waals surface area contributed by atoms with Gasteiger partial charge in [0.1, 0.15) is 0 Å². The Hall–Kier alpha value is -2.40. The van der Waals surface area contributed by atoms with Crippen molar-refractivity contribution in [3.8, 4) is 0 Å². The van der Waals surface area contributed by atoms with Gasteiger partial charge in [0.15, 0.2) is 0 Å². The number of carbonyl (C=O) groups is 1. The van der Waals surface area contributed by atoms with Gasteiger partial charge in [-0.25, -0.2) is 9.36 Å². The first kappa shape index (κ1) is 16.5. The standard InChI is InChI=1S/C19H21NO4/c21-17-16(10-6-12-20(17)18(22)23)19(13-24-14-19)11-5-4-9-15-7-2-1-3-8-15/h1-3,6-8,10,12H,4-5,9,11,13-14H2,(H,22,23). The zero-order valence-corrected chi connectivity index (χ0v) is 13.5. The van der Waals surface area contributed by atoms with Crippen molar-refractivity contribution < 1.29 is 14.6 Å². The van der Waals surface area contributed by atoms with Gasteiger partial charge in [0.25, 0.3) is 5.56 Å². The van der Waals surface area contributed by atoms with E-state index < -0.39 is 11.7 Å². The number of benzene rings is 1. The molecule has 1 saturated heterocycles. The van der Waals surface area contributed by atoms with E-state index in [2.05, 4.69) is 12.1 Å². The summed E-state index contributed by atoms with van der Waals surface area (Å²) in [6, 6.07) is 13.7. The maximum atomic E-state index is 12.4. The molecule has 0 unspecified atom stereocenters. The molecule has 0 amide bonds. The molecule has 5 nitrogen and oxygen atoms in total. The molecule has 1 fully saturated rings. The topological polar surface area (TPSA) is 68.5 Å². The van der Waals surface area contributed by atoms with Crippen LogP contribution < -0.4 is 5.56 Å². The molecule has 0 saturated carbocycles. The van der Waals surface area contributed by atoms with Crippen LogP contribution >= 0.6 is 0 Å². The summed E-state index contributed by atoms with van der Waals surface area (Å²) in [7, 11) is 0. The molecule has 2 aromatic rings. The first-order valence-electron chi connectivity index (χ1n) is 8.19. The summed E-state index contributed by atoms with van der Waals surface area (Å²) in [6.07, 6.45) is 3.88. The number of hydrogen-bond acceptors (Lipinski definition) is 3. The van der Waals surface area contributed by atoms with E-state index in [4.69, 9.17) is 9.84 Å². The van der Waals surface area contributed by atoms with Gasteiger partial charge in [-0.1, -0.05) is 42.8 Å². The molecule has 1 aromatic heterocycles. The highest BCUT2D eigenvalue weighted by atomic mass is 16.5. The molecule has 0 atom stereocenters. The lowest BCUT2D eigenvalue weighted by atomic mass is 9.75. The van der Waals surface area contributed by atoms with Crippen LogP contribution in [0.3, 0.4) is 0 Å². The van der Waals surface area contributed by atoms with Crippen molar-refractivity contribution in [3.63, 3.8) is 0 Å². The van der Waals surface area contributed by atoms with Crippen LogP contribution in [0.25, 0.3) is 0 Å². The zero-order valence-electron chi connectivity index (χ0n) is 13.5. The van der Waals surface area contributed by atoms with Gasteiger partial charge >= 0.3 is 6.09 Å². The molecule has 0 radical (unpaired) electrons. The smallest absolute Gasteiger partial charge is 0.418 e. The Bertz CT molecular complexity index is 762. The predicted molar refractivity (Wildman–Crippen MR) is 90.6 cm³/mol. The first-order chi connectivity index (χ1) is 11.6. The van der Waals surface area contributed by atoms with E-state index in [1.807, 2.05) is 18.2 Å². The fourth-order valence-electron chi connectivity index (χ4n) is 3.27. The highest BCUT2D eigenvalue weighted by Gasteiger charge is 2.42. The Balaban J connectivity index is 1.68. The molecule has 126 valence electrons. The minimum atomic E-state index is -1.25. The van der Waals surface area contributed by atoms with Gasteiger partial charge in [0, 0.05) is 17.2 Å². The van der Waals surface area contributed by atoms with Gasteiger partial charge in [0.05, 0.1) is 13.2 Å². The SMILES string of the molecule is O=C(O)n1cccc(C2(CCCCc3ccccc3)COC2)c1=O. The molecule has 24 heavy (non-hydrogen) atoms. The number of carboxylic acid groups (broad SMARTS) is 1. The van der Waals surface area contributed by atoms with Gasteiger partial charge in [-0.3, -0.25) is 4.79 Å². The van der Waals surface area contributed by atoms with Gasteiger partial charge in [-0.05, 0) is 30.9 Å². The number of aromatic nitrogens is 1. The van der Waals surface area contributed by atoms with Gasteiger partial charge in [-0.2, -0.15) is 0 Å². The highest BCUT2D eigenvalue weighted by molar-refractivity contribution is 5.67. The van der Waals surface area contributed by atoms with E-state index in [9.17, 15) is 9.59 Å². The molecule has 1 aliphatic rings. The number of unbranched alkanes of at least 4 members (excludes halogenated alkanes) is 1. The molecule has 1 N–H and O–H groups in total. The minimum absolute atomic E-state index is 0.341. The summed E-state index contributed by atoms with van der Waals surface area (Å²) in [4.78, 5) is 23.6. The van der Waals surface area contributed by atoms with E-state index in [1.165, 1.54) is 11.8 Å². The second-order valence-electron chi connectivity index (χ2n) is 6.35. The average molecular weight is 327 g/mol. The van der Waals surface area contributed by atoms with Crippen LogP contribution in [0.5, 0.6) is 0 Å². The fraction of sp³-hybridized carbons (Fsp3) is 0.368.